The zero-order chi connectivity index (χ0) is 4.00. The van der Waals surface area contributed by atoms with Crippen LogP contribution < -0.4 is 0 Å². The van der Waals surface area contributed by atoms with Crippen LogP contribution in [0.1, 0.15) is 0 Å². The molecule has 0 aliphatic carbocycles. The predicted molar refractivity (Wildman–Crippen MR) is 15.7 cm³/mol. The molecule has 1 nitrogen and oxygen atoms in total. The molecule has 0 heterocycles. The summed E-state index contributed by atoms with van der Waals surface area (Å²) in [6, 6.07) is 0. The third-order valence-corrected chi connectivity index (χ3v) is 0. The molecule has 0 aromatic rings. The van der Waals surface area contributed by atoms with Gasteiger partial charge in [-0.1, -0.05) is 0 Å². The summed E-state index contributed by atoms with van der Waals surface area (Å²) in [6.45, 7) is 0. The van der Waals surface area contributed by atoms with Crippen LogP contribution in [0.5, 0.6) is 0 Å². The van der Waals surface area contributed by atoms with Gasteiger partial charge in [-0.2, -0.15) is 0 Å². The molecule has 1 N–H and O–H groups in total. The zero-order valence-corrected chi connectivity index (χ0v) is 6.35. The van der Waals surface area contributed by atoms with E-state index in [0.717, 1.165) is 23.7 Å². The molecule has 0 rings (SSSR count). The van der Waals surface area contributed by atoms with E-state index < -0.39 is 0 Å². The summed E-state index contributed by atoms with van der Waals surface area (Å²) in [6.07, 6.45) is 0. The van der Waals surface area contributed by atoms with Gasteiger partial charge in [0, 0.05) is 7.11 Å². The van der Waals surface area contributed by atoms with Crippen molar-refractivity contribution in [3.05, 3.63) is 0 Å². The molecule has 0 aromatic carbocycles. The van der Waals surface area contributed by atoms with E-state index in [9.17, 15) is 0 Å². The van der Waals surface area contributed by atoms with Crippen molar-refractivity contribution in [1.29, 1.82) is 0 Å². The SMILES string of the molecule is CO.[S]=[Zn]. The van der Waals surface area contributed by atoms with Gasteiger partial charge in [0.1, 0.15) is 0 Å². The molecule has 0 aliphatic rings. The molecule has 0 bridgehead atoms. The molecule has 22 valence electrons. The number of hydrogen-bond donors (Lipinski definition) is 1. The fourth-order valence-corrected chi connectivity index (χ4v) is 0. The van der Waals surface area contributed by atoms with Crippen LogP contribution >= 0.6 is 10.1 Å². The second kappa shape index (κ2) is 46.3. The maximum atomic E-state index is 7.00. The molecule has 0 aromatic heterocycles. The van der Waals surface area contributed by atoms with Crippen LogP contribution in [0.3, 0.4) is 0 Å². The molecule has 0 unspecified atom stereocenters. The first-order chi connectivity index (χ1) is 2.00. The van der Waals surface area contributed by atoms with Crippen molar-refractivity contribution in [2.45, 2.75) is 0 Å². The Bertz CT molecular complexity index is 8.00. The fourth-order valence-electron chi connectivity index (χ4n) is 0. The average Bonchev–Trinajstić information content (AvgIpc) is 1.50. The van der Waals surface area contributed by atoms with Gasteiger partial charge in [0.25, 0.3) is 0 Å². The Balaban J connectivity index is 0. The summed E-state index contributed by atoms with van der Waals surface area (Å²) < 4.78 is 0. The van der Waals surface area contributed by atoms with Crippen molar-refractivity contribution in [2.75, 3.05) is 7.11 Å². The van der Waals surface area contributed by atoms with Crippen molar-refractivity contribution in [3.63, 3.8) is 0 Å². The molecular formula is CH4OSZn. The van der Waals surface area contributed by atoms with Crippen molar-refractivity contribution < 1.29 is 21.7 Å². The Hall–Kier alpha value is 0.803. The molecule has 0 fully saturated rings. The second-order valence-electron chi connectivity index (χ2n) is 0. The van der Waals surface area contributed by atoms with Gasteiger partial charge in [-0.25, -0.2) is 0 Å². The van der Waals surface area contributed by atoms with Crippen LogP contribution in [-0.2, 0) is 16.6 Å². The first kappa shape index (κ1) is 8.84. The van der Waals surface area contributed by atoms with E-state index in [1.165, 1.54) is 0 Å². The first-order valence-corrected chi connectivity index (χ1v) is 4.95. The van der Waals surface area contributed by atoms with E-state index >= 15 is 0 Å². The molecule has 0 saturated carbocycles. The Labute approximate surface area is 39.3 Å². The fraction of sp³-hybridized carbons (Fsp3) is 1.00. The molecule has 0 amide bonds. The predicted octanol–water partition coefficient (Wildman–Crippen LogP) is 0.254. The quantitative estimate of drug-likeness (QED) is 0.474. The Morgan fingerprint density at radius 3 is 1.50 bits per heavy atom. The topological polar surface area (TPSA) is 20.2 Å². The van der Waals surface area contributed by atoms with Gasteiger partial charge >= 0.3 is 26.7 Å². The van der Waals surface area contributed by atoms with Crippen molar-refractivity contribution in [2.24, 2.45) is 0 Å². The van der Waals surface area contributed by atoms with E-state index in [0.29, 0.717) is 0 Å². The van der Waals surface area contributed by atoms with Crippen LogP contribution in [0.25, 0.3) is 0 Å². The van der Waals surface area contributed by atoms with Crippen LogP contribution in [0.15, 0.2) is 0 Å². The minimum absolute atomic E-state index is 0.958. The van der Waals surface area contributed by atoms with Gasteiger partial charge in [-0.3, -0.25) is 0 Å². The van der Waals surface area contributed by atoms with Gasteiger partial charge in [0.15, 0.2) is 0 Å². The molecule has 0 aliphatic heterocycles. The Morgan fingerprint density at radius 1 is 1.50 bits per heavy atom. The van der Waals surface area contributed by atoms with Crippen LogP contribution in [0.2, 0.25) is 0 Å². The summed E-state index contributed by atoms with van der Waals surface area (Å²) >= 11 is 0.958. The van der Waals surface area contributed by atoms with Crippen LogP contribution in [0.4, 0.5) is 0 Å². The van der Waals surface area contributed by atoms with E-state index in [1.807, 2.05) is 0 Å². The molecule has 3 heteroatoms. The molecule has 0 atom stereocenters. The summed E-state index contributed by atoms with van der Waals surface area (Å²) in [5, 5.41) is 7.00. The normalized spacial score (nSPS) is 3.00. The first-order valence-electron chi connectivity index (χ1n) is 0.736. The molecular weight excluding hydrogens is 125 g/mol. The van der Waals surface area contributed by atoms with Gasteiger partial charge in [-0.05, 0) is 0 Å². The second-order valence-corrected chi connectivity index (χ2v) is 0. The molecule has 0 saturated heterocycles. The van der Waals surface area contributed by atoms with E-state index in [-0.39, 0.29) is 0 Å². The molecule has 0 spiro atoms. The zero-order valence-electron chi connectivity index (χ0n) is 2.56. The van der Waals surface area contributed by atoms with Crippen molar-refractivity contribution >= 4 is 10.1 Å². The Morgan fingerprint density at radius 2 is 1.50 bits per heavy atom. The Kier molecular flexibility index (Phi) is 102. The van der Waals surface area contributed by atoms with E-state index in [1.54, 1.807) is 0 Å². The maximum absolute atomic E-state index is 7.00. The minimum atomic E-state index is 0.958. The van der Waals surface area contributed by atoms with Crippen molar-refractivity contribution in [1.82, 2.24) is 0 Å². The number of aliphatic hydroxyl groups excluding tert-OH is 1. The third-order valence-electron chi connectivity index (χ3n) is 0. The van der Waals surface area contributed by atoms with Crippen molar-refractivity contribution in [3.8, 4) is 0 Å². The standard InChI is InChI=1S/CH4O.S.Zn/c1-2;;/h2H,1H3;;. The number of aliphatic hydroxyl groups is 1. The number of rotatable bonds is 0. The monoisotopic (exact) mass is 128 g/mol. The average molecular weight is 129 g/mol. The van der Waals surface area contributed by atoms with Crippen LogP contribution in [0, 0.1) is 0 Å². The summed E-state index contributed by atoms with van der Waals surface area (Å²) in [4.78, 5) is 0. The summed E-state index contributed by atoms with van der Waals surface area (Å²) in [7, 11) is 5.21. The summed E-state index contributed by atoms with van der Waals surface area (Å²) in [5.41, 5.74) is 0. The number of hydrogen-bond acceptors (Lipinski definition) is 2. The molecule has 4 heavy (non-hydrogen) atoms. The third kappa shape index (κ3) is 14.1. The van der Waals surface area contributed by atoms with E-state index in [4.69, 9.17) is 5.11 Å². The summed E-state index contributed by atoms with van der Waals surface area (Å²) in [5.74, 6) is 0. The molecule has 0 radical (unpaired) electrons. The van der Waals surface area contributed by atoms with Gasteiger partial charge in [0.05, 0.1) is 0 Å². The van der Waals surface area contributed by atoms with Gasteiger partial charge < -0.3 is 5.11 Å². The van der Waals surface area contributed by atoms with Gasteiger partial charge in [0.2, 0.25) is 0 Å². The van der Waals surface area contributed by atoms with Crippen LogP contribution in [-0.4, -0.2) is 12.2 Å². The van der Waals surface area contributed by atoms with E-state index in [2.05, 4.69) is 10.1 Å². The van der Waals surface area contributed by atoms with Gasteiger partial charge in [-0.15, -0.1) is 0 Å².